The lowest BCUT2D eigenvalue weighted by atomic mass is 10.2. The molecule has 0 saturated carbocycles. The minimum atomic E-state index is 0.0730. The van der Waals surface area contributed by atoms with Gasteiger partial charge >= 0.3 is 0 Å². The Morgan fingerprint density at radius 3 is 2.46 bits per heavy atom. The molecule has 1 aromatic carbocycles. The first-order valence-corrected chi connectivity index (χ1v) is 8.37. The fourth-order valence-electron chi connectivity index (χ4n) is 2.94. The fourth-order valence-corrected chi connectivity index (χ4v) is 2.94. The zero-order chi connectivity index (χ0) is 16.9. The van der Waals surface area contributed by atoms with Crippen molar-refractivity contribution in [3.05, 3.63) is 47.8 Å². The lowest BCUT2D eigenvalue weighted by molar-refractivity contribution is 0.0628. The van der Waals surface area contributed by atoms with E-state index < -0.39 is 0 Å². The summed E-state index contributed by atoms with van der Waals surface area (Å²) in [6.45, 7) is 6.86. The summed E-state index contributed by atoms with van der Waals surface area (Å²) in [4.78, 5) is 16.7. The maximum absolute atomic E-state index is 12.4. The van der Waals surface area contributed by atoms with Crippen LogP contribution in [0, 0.1) is 0 Å². The quantitative estimate of drug-likeness (QED) is 0.839. The molecule has 0 atom stereocenters. The number of ether oxygens (including phenoxy) is 1. The highest BCUT2D eigenvalue weighted by Crippen LogP contribution is 2.15. The van der Waals surface area contributed by atoms with Crippen molar-refractivity contribution in [2.24, 2.45) is 7.05 Å². The number of nitrogens with zero attached hydrogens (tertiary/aromatic N) is 4. The lowest BCUT2D eigenvalue weighted by Crippen LogP contribution is -2.48. The van der Waals surface area contributed by atoms with E-state index in [4.69, 9.17) is 4.74 Å². The number of aromatic nitrogens is 2. The van der Waals surface area contributed by atoms with Crippen molar-refractivity contribution in [3.8, 4) is 5.75 Å². The first-order chi connectivity index (χ1) is 11.7. The van der Waals surface area contributed by atoms with Crippen molar-refractivity contribution < 1.29 is 9.53 Å². The number of hydrogen-bond donors (Lipinski definition) is 0. The van der Waals surface area contributed by atoms with Crippen LogP contribution in [0.3, 0.4) is 0 Å². The van der Waals surface area contributed by atoms with Gasteiger partial charge in [0.05, 0.1) is 18.4 Å². The van der Waals surface area contributed by atoms with Gasteiger partial charge in [0.15, 0.2) is 0 Å². The van der Waals surface area contributed by atoms with E-state index in [0.717, 1.165) is 38.5 Å². The Bertz CT molecular complexity index is 673. The summed E-state index contributed by atoms with van der Waals surface area (Å²) in [5, 5.41) is 4.07. The van der Waals surface area contributed by atoms with Crippen molar-refractivity contribution in [2.75, 3.05) is 32.8 Å². The molecule has 1 fully saturated rings. The summed E-state index contributed by atoms with van der Waals surface area (Å²) in [6.07, 6.45) is 3.41. The third-order valence-corrected chi connectivity index (χ3v) is 4.25. The van der Waals surface area contributed by atoms with Crippen molar-refractivity contribution in [1.82, 2.24) is 19.6 Å². The van der Waals surface area contributed by atoms with E-state index >= 15 is 0 Å². The zero-order valence-corrected chi connectivity index (χ0v) is 14.3. The van der Waals surface area contributed by atoms with E-state index in [-0.39, 0.29) is 5.91 Å². The second kappa shape index (κ2) is 7.49. The summed E-state index contributed by atoms with van der Waals surface area (Å²) in [5.41, 5.74) is 1.93. The monoisotopic (exact) mass is 328 g/mol. The molecular formula is C18H24N4O2. The molecule has 0 radical (unpaired) electrons. The molecule has 1 amide bonds. The molecule has 2 heterocycles. The highest BCUT2D eigenvalue weighted by molar-refractivity contribution is 5.93. The van der Waals surface area contributed by atoms with Crippen LogP contribution in [0.4, 0.5) is 0 Å². The summed E-state index contributed by atoms with van der Waals surface area (Å²) in [5.74, 6) is 0.983. The van der Waals surface area contributed by atoms with Gasteiger partial charge in [-0.25, -0.2) is 0 Å². The van der Waals surface area contributed by atoms with Gasteiger partial charge in [0.25, 0.3) is 5.91 Å². The van der Waals surface area contributed by atoms with E-state index in [2.05, 4.69) is 22.1 Å². The Kier molecular flexibility index (Phi) is 5.15. The Balaban J connectivity index is 1.50. The largest absolute Gasteiger partial charge is 0.494 e. The standard InChI is InChI=1S/C18H24N4O2/c1-3-24-17-6-4-15(5-7-17)13-21-8-10-22(11-9-21)18(23)16-12-19-20(2)14-16/h4-7,12,14H,3,8-11,13H2,1-2H3. The SMILES string of the molecule is CCOc1ccc(CN2CCN(C(=O)c3cnn(C)c3)CC2)cc1. The fraction of sp³-hybridized carbons (Fsp3) is 0.444. The van der Waals surface area contributed by atoms with E-state index in [1.165, 1.54) is 5.56 Å². The van der Waals surface area contributed by atoms with Crippen LogP contribution in [-0.2, 0) is 13.6 Å². The molecule has 1 aliphatic rings. The molecule has 0 unspecified atom stereocenters. The number of rotatable bonds is 5. The van der Waals surface area contributed by atoms with E-state index in [9.17, 15) is 4.79 Å². The maximum Gasteiger partial charge on any atom is 0.257 e. The molecule has 0 aliphatic carbocycles. The maximum atomic E-state index is 12.4. The van der Waals surface area contributed by atoms with Crippen LogP contribution in [0.1, 0.15) is 22.8 Å². The van der Waals surface area contributed by atoms with Gasteiger partial charge in [-0.3, -0.25) is 14.4 Å². The summed E-state index contributed by atoms with van der Waals surface area (Å²) >= 11 is 0. The van der Waals surface area contributed by atoms with Crippen LogP contribution in [0.5, 0.6) is 5.75 Å². The molecule has 1 aromatic heterocycles. The average Bonchev–Trinajstić information content (AvgIpc) is 3.03. The highest BCUT2D eigenvalue weighted by atomic mass is 16.5. The van der Waals surface area contributed by atoms with Gasteiger partial charge in [0.1, 0.15) is 5.75 Å². The summed E-state index contributed by atoms with van der Waals surface area (Å²) in [7, 11) is 1.82. The van der Waals surface area contributed by atoms with Crippen LogP contribution < -0.4 is 4.74 Å². The van der Waals surface area contributed by atoms with Crippen LogP contribution in [0.15, 0.2) is 36.7 Å². The molecule has 0 spiro atoms. The third kappa shape index (κ3) is 3.94. The van der Waals surface area contributed by atoms with Crippen molar-refractivity contribution in [2.45, 2.75) is 13.5 Å². The number of aryl methyl sites for hydroxylation is 1. The smallest absolute Gasteiger partial charge is 0.257 e. The van der Waals surface area contributed by atoms with Crippen LogP contribution in [0.2, 0.25) is 0 Å². The number of carbonyl (C=O) groups excluding carboxylic acids is 1. The van der Waals surface area contributed by atoms with Gasteiger partial charge < -0.3 is 9.64 Å². The van der Waals surface area contributed by atoms with E-state index in [1.807, 2.05) is 31.0 Å². The topological polar surface area (TPSA) is 50.6 Å². The van der Waals surface area contributed by atoms with E-state index in [0.29, 0.717) is 12.2 Å². The Morgan fingerprint density at radius 1 is 1.17 bits per heavy atom. The zero-order valence-electron chi connectivity index (χ0n) is 14.3. The van der Waals surface area contributed by atoms with Gasteiger partial charge in [-0.15, -0.1) is 0 Å². The molecule has 3 rings (SSSR count). The van der Waals surface area contributed by atoms with Gasteiger partial charge in [-0.2, -0.15) is 5.10 Å². The Hall–Kier alpha value is -2.34. The molecule has 2 aromatic rings. The molecular weight excluding hydrogens is 304 g/mol. The number of benzene rings is 1. The second-order valence-electron chi connectivity index (χ2n) is 6.05. The van der Waals surface area contributed by atoms with Gasteiger partial charge in [0.2, 0.25) is 0 Å². The first kappa shape index (κ1) is 16.5. The lowest BCUT2D eigenvalue weighted by Gasteiger charge is -2.34. The molecule has 0 bridgehead atoms. The van der Waals surface area contributed by atoms with Crippen molar-refractivity contribution in [1.29, 1.82) is 0 Å². The number of hydrogen-bond acceptors (Lipinski definition) is 4. The van der Waals surface area contributed by atoms with E-state index in [1.54, 1.807) is 17.1 Å². The summed E-state index contributed by atoms with van der Waals surface area (Å²) in [6, 6.07) is 8.25. The van der Waals surface area contributed by atoms with Gasteiger partial charge in [0, 0.05) is 46.0 Å². The Labute approximate surface area is 142 Å². The molecule has 0 N–H and O–H groups in total. The van der Waals surface area contributed by atoms with Crippen LogP contribution in [0.25, 0.3) is 0 Å². The van der Waals surface area contributed by atoms with Crippen molar-refractivity contribution >= 4 is 5.91 Å². The Morgan fingerprint density at radius 2 is 1.88 bits per heavy atom. The third-order valence-electron chi connectivity index (χ3n) is 4.25. The predicted octanol–water partition coefficient (Wildman–Crippen LogP) is 1.78. The predicted molar refractivity (Wildman–Crippen MR) is 92.0 cm³/mol. The normalized spacial score (nSPS) is 15.5. The molecule has 1 aliphatic heterocycles. The van der Waals surface area contributed by atoms with Crippen molar-refractivity contribution in [3.63, 3.8) is 0 Å². The minimum Gasteiger partial charge on any atom is -0.494 e. The number of carbonyl (C=O) groups is 1. The average molecular weight is 328 g/mol. The molecule has 6 nitrogen and oxygen atoms in total. The van der Waals surface area contributed by atoms with Gasteiger partial charge in [-0.1, -0.05) is 12.1 Å². The van der Waals surface area contributed by atoms with Gasteiger partial charge in [-0.05, 0) is 24.6 Å². The van der Waals surface area contributed by atoms with Crippen LogP contribution in [-0.4, -0.2) is 58.3 Å². The highest BCUT2D eigenvalue weighted by Gasteiger charge is 2.22. The minimum absolute atomic E-state index is 0.0730. The number of amides is 1. The number of piperazine rings is 1. The molecule has 128 valence electrons. The summed E-state index contributed by atoms with van der Waals surface area (Å²) < 4.78 is 7.13. The second-order valence-corrected chi connectivity index (χ2v) is 6.05. The molecule has 6 heteroatoms. The molecule has 1 saturated heterocycles. The van der Waals surface area contributed by atoms with Crippen LogP contribution >= 0.6 is 0 Å². The first-order valence-electron chi connectivity index (χ1n) is 8.37. The molecule has 24 heavy (non-hydrogen) atoms.